The van der Waals surface area contributed by atoms with Crippen LogP contribution in [0.1, 0.15) is 12.5 Å². The third-order valence-corrected chi connectivity index (χ3v) is 3.28. The van der Waals surface area contributed by atoms with E-state index >= 15 is 0 Å². The molecular formula is C14H14Cl2FN3. The van der Waals surface area contributed by atoms with Gasteiger partial charge in [0.1, 0.15) is 11.6 Å². The molecule has 0 aliphatic rings. The molecule has 0 radical (unpaired) electrons. The second kappa shape index (κ2) is 6.29. The Morgan fingerprint density at radius 1 is 1.15 bits per heavy atom. The number of halogens is 3. The van der Waals surface area contributed by atoms with Gasteiger partial charge in [0.25, 0.3) is 0 Å². The lowest BCUT2D eigenvalue weighted by molar-refractivity contribution is 0.619. The van der Waals surface area contributed by atoms with Crippen LogP contribution in [0.3, 0.4) is 0 Å². The lowest BCUT2D eigenvalue weighted by Crippen LogP contribution is -2.03. The van der Waals surface area contributed by atoms with E-state index < -0.39 is 0 Å². The first-order valence-corrected chi connectivity index (χ1v) is 6.90. The molecule has 1 aromatic heterocycles. The van der Waals surface area contributed by atoms with Crippen molar-refractivity contribution in [3.63, 3.8) is 0 Å². The largest absolute Gasteiger partial charge is 0.369 e. The van der Waals surface area contributed by atoms with E-state index in [9.17, 15) is 4.39 Å². The quantitative estimate of drug-likeness (QED) is 0.833. The molecule has 2 rings (SSSR count). The van der Waals surface area contributed by atoms with Crippen LogP contribution in [0.5, 0.6) is 0 Å². The fourth-order valence-electron chi connectivity index (χ4n) is 1.65. The number of nitrogens with zero attached hydrogens (tertiary/aromatic N) is 1. The zero-order valence-electron chi connectivity index (χ0n) is 11.1. The topological polar surface area (TPSA) is 37.0 Å². The van der Waals surface area contributed by atoms with Gasteiger partial charge in [-0.05, 0) is 37.6 Å². The molecule has 0 amide bonds. The first-order chi connectivity index (χ1) is 9.51. The zero-order valence-corrected chi connectivity index (χ0v) is 12.6. The van der Waals surface area contributed by atoms with Crippen LogP contribution in [0.15, 0.2) is 24.3 Å². The number of rotatable bonds is 4. The second-order valence-corrected chi connectivity index (χ2v) is 5.08. The van der Waals surface area contributed by atoms with E-state index in [-0.39, 0.29) is 5.82 Å². The molecule has 0 spiro atoms. The van der Waals surface area contributed by atoms with Crippen LogP contribution < -0.4 is 10.6 Å². The highest BCUT2D eigenvalue weighted by Crippen LogP contribution is 2.31. The number of pyridine rings is 1. The van der Waals surface area contributed by atoms with Crippen LogP contribution >= 0.6 is 23.2 Å². The Hall–Kier alpha value is -1.52. The smallest absolute Gasteiger partial charge is 0.151 e. The maximum absolute atomic E-state index is 13.5. The molecule has 0 aliphatic carbocycles. The lowest BCUT2D eigenvalue weighted by atomic mass is 10.2. The standard InChI is InChI=1S/C14H14Cl2FN3/c1-3-18-13-10(15)7-11(16)14(20-13)19-9-5-4-8(2)12(17)6-9/h4-7H,3H2,1-2H3,(H2,18,19,20). The van der Waals surface area contributed by atoms with E-state index in [1.165, 1.54) is 6.07 Å². The van der Waals surface area contributed by atoms with Crippen molar-refractivity contribution in [2.75, 3.05) is 17.2 Å². The second-order valence-electron chi connectivity index (χ2n) is 4.27. The summed E-state index contributed by atoms with van der Waals surface area (Å²) in [5.74, 6) is 0.677. The van der Waals surface area contributed by atoms with Crippen LogP contribution in [-0.2, 0) is 0 Å². The molecular weight excluding hydrogens is 300 g/mol. The number of anilines is 3. The van der Waals surface area contributed by atoms with Crippen molar-refractivity contribution in [1.82, 2.24) is 4.98 Å². The van der Waals surface area contributed by atoms with Gasteiger partial charge >= 0.3 is 0 Å². The van der Waals surface area contributed by atoms with Crippen molar-refractivity contribution < 1.29 is 4.39 Å². The van der Waals surface area contributed by atoms with Gasteiger partial charge in [-0.2, -0.15) is 0 Å². The summed E-state index contributed by atoms with van der Waals surface area (Å²) in [6.45, 7) is 4.33. The maximum Gasteiger partial charge on any atom is 0.151 e. The van der Waals surface area contributed by atoms with Gasteiger partial charge in [-0.25, -0.2) is 9.37 Å². The molecule has 0 atom stereocenters. The summed E-state index contributed by atoms with van der Waals surface area (Å²) in [6.07, 6.45) is 0. The molecule has 2 N–H and O–H groups in total. The van der Waals surface area contributed by atoms with Gasteiger partial charge in [-0.1, -0.05) is 29.3 Å². The molecule has 0 bridgehead atoms. The summed E-state index contributed by atoms with van der Waals surface area (Å²) >= 11 is 12.1. The predicted molar refractivity (Wildman–Crippen MR) is 82.8 cm³/mol. The lowest BCUT2D eigenvalue weighted by Gasteiger charge is -2.12. The number of benzene rings is 1. The number of aryl methyl sites for hydroxylation is 1. The highest BCUT2D eigenvalue weighted by Gasteiger charge is 2.10. The van der Waals surface area contributed by atoms with Crippen molar-refractivity contribution in [2.45, 2.75) is 13.8 Å². The van der Waals surface area contributed by atoms with Gasteiger partial charge in [0.05, 0.1) is 10.0 Å². The Morgan fingerprint density at radius 2 is 1.85 bits per heavy atom. The molecule has 0 saturated heterocycles. The molecule has 2 aromatic rings. The van der Waals surface area contributed by atoms with Crippen molar-refractivity contribution in [3.05, 3.63) is 45.7 Å². The minimum Gasteiger partial charge on any atom is -0.369 e. The van der Waals surface area contributed by atoms with E-state index in [4.69, 9.17) is 23.2 Å². The van der Waals surface area contributed by atoms with Crippen LogP contribution in [0.4, 0.5) is 21.7 Å². The summed E-state index contributed by atoms with van der Waals surface area (Å²) < 4.78 is 13.5. The van der Waals surface area contributed by atoms with E-state index in [0.29, 0.717) is 39.5 Å². The first-order valence-electron chi connectivity index (χ1n) is 6.14. The Balaban J connectivity index is 2.32. The predicted octanol–water partition coefficient (Wildman–Crippen LogP) is 5.01. The van der Waals surface area contributed by atoms with Crippen molar-refractivity contribution in [2.24, 2.45) is 0 Å². The number of aromatic nitrogens is 1. The van der Waals surface area contributed by atoms with E-state index in [1.807, 2.05) is 6.92 Å². The summed E-state index contributed by atoms with van der Waals surface area (Å²) in [5, 5.41) is 6.83. The number of hydrogen-bond acceptors (Lipinski definition) is 3. The first kappa shape index (κ1) is 14.9. The van der Waals surface area contributed by atoms with Crippen molar-refractivity contribution in [3.8, 4) is 0 Å². The van der Waals surface area contributed by atoms with Gasteiger partial charge in [0.2, 0.25) is 0 Å². The normalized spacial score (nSPS) is 10.4. The monoisotopic (exact) mass is 313 g/mol. The van der Waals surface area contributed by atoms with E-state index in [2.05, 4.69) is 15.6 Å². The average molecular weight is 314 g/mol. The third kappa shape index (κ3) is 3.32. The molecule has 0 unspecified atom stereocenters. The van der Waals surface area contributed by atoms with Crippen LogP contribution in [-0.4, -0.2) is 11.5 Å². The van der Waals surface area contributed by atoms with Crippen LogP contribution in [0, 0.1) is 12.7 Å². The highest BCUT2D eigenvalue weighted by atomic mass is 35.5. The molecule has 3 nitrogen and oxygen atoms in total. The Kier molecular flexibility index (Phi) is 4.68. The Labute approximate surface area is 127 Å². The average Bonchev–Trinajstić information content (AvgIpc) is 2.39. The van der Waals surface area contributed by atoms with E-state index in [0.717, 1.165) is 0 Å². The molecule has 1 heterocycles. The number of nitrogens with one attached hydrogen (secondary N) is 2. The summed E-state index contributed by atoms with van der Waals surface area (Å²) in [6, 6.07) is 6.44. The van der Waals surface area contributed by atoms with Gasteiger partial charge in [-0.15, -0.1) is 0 Å². The highest BCUT2D eigenvalue weighted by molar-refractivity contribution is 6.37. The summed E-state index contributed by atoms with van der Waals surface area (Å²) in [4.78, 5) is 4.30. The van der Waals surface area contributed by atoms with Gasteiger partial charge < -0.3 is 10.6 Å². The van der Waals surface area contributed by atoms with Crippen molar-refractivity contribution in [1.29, 1.82) is 0 Å². The minimum absolute atomic E-state index is 0.285. The fraction of sp³-hybridized carbons (Fsp3) is 0.214. The fourth-order valence-corrected chi connectivity index (χ4v) is 2.13. The van der Waals surface area contributed by atoms with Gasteiger partial charge in [0.15, 0.2) is 5.82 Å². The molecule has 0 aliphatic heterocycles. The Bertz CT molecular complexity index is 632. The molecule has 20 heavy (non-hydrogen) atoms. The van der Waals surface area contributed by atoms with Gasteiger partial charge in [-0.3, -0.25) is 0 Å². The summed E-state index contributed by atoms with van der Waals surface area (Å²) in [5.41, 5.74) is 1.16. The summed E-state index contributed by atoms with van der Waals surface area (Å²) in [7, 11) is 0. The SMILES string of the molecule is CCNc1nc(Nc2ccc(C)c(F)c2)c(Cl)cc1Cl. The van der Waals surface area contributed by atoms with Gasteiger partial charge in [0, 0.05) is 12.2 Å². The van der Waals surface area contributed by atoms with Crippen molar-refractivity contribution >= 4 is 40.5 Å². The van der Waals surface area contributed by atoms with Crippen LogP contribution in [0.25, 0.3) is 0 Å². The Morgan fingerprint density at radius 3 is 2.50 bits per heavy atom. The molecule has 106 valence electrons. The molecule has 1 aromatic carbocycles. The molecule has 0 fully saturated rings. The van der Waals surface area contributed by atoms with Crippen LogP contribution in [0.2, 0.25) is 10.0 Å². The third-order valence-electron chi connectivity index (χ3n) is 2.71. The zero-order chi connectivity index (χ0) is 14.7. The molecule has 0 saturated carbocycles. The molecule has 6 heteroatoms. The van der Waals surface area contributed by atoms with E-state index in [1.54, 1.807) is 25.1 Å². The maximum atomic E-state index is 13.5. The number of hydrogen-bond donors (Lipinski definition) is 2. The minimum atomic E-state index is -0.285.